The van der Waals surface area contributed by atoms with Gasteiger partial charge in [0.05, 0.1) is 0 Å². The quantitative estimate of drug-likeness (QED) is 0.372. The molecule has 0 bridgehead atoms. The molecule has 14 heavy (non-hydrogen) atoms. The summed E-state index contributed by atoms with van der Waals surface area (Å²) in [5.41, 5.74) is 3.24. The second-order valence-corrected chi connectivity index (χ2v) is 9.36. The third-order valence-corrected chi connectivity index (χ3v) is 2.62. The molecule has 0 heterocycles. The fourth-order valence-corrected chi connectivity index (χ4v) is 1.40. The van der Waals surface area contributed by atoms with E-state index in [4.69, 9.17) is 0 Å². The van der Waals surface area contributed by atoms with Gasteiger partial charge in [-0.05, 0) is 18.3 Å². The maximum Gasteiger partial charge on any atom is 0.130 e. The van der Waals surface area contributed by atoms with Gasteiger partial charge in [-0.2, -0.15) is 0 Å². The molecule has 0 aromatic heterocycles. The maximum atomic E-state index is 3.24. The van der Waals surface area contributed by atoms with E-state index < -0.39 is 8.07 Å². The number of hydrogen-bond donors (Lipinski definition) is 0. The van der Waals surface area contributed by atoms with Crippen LogP contribution in [0.1, 0.15) is 39.0 Å². The third kappa shape index (κ3) is 11.3. The highest BCUT2D eigenvalue weighted by Gasteiger charge is 2.06. The van der Waals surface area contributed by atoms with Gasteiger partial charge in [0, 0.05) is 6.42 Å². The molecule has 0 nitrogen and oxygen atoms in total. The standard InChI is InChI=1S/C13H22Si/c1-5-6-7-8-9-10-11-12-13-14(2,3)4/h5-9H2,1-4H3. The molecule has 0 aliphatic rings. The molecule has 0 rings (SSSR count). The zero-order valence-electron chi connectivity index (χ0n) is 10.0. The first-order chi connectivity index (χ1) is 6.56. The Balaban J connectivity index is 3.57. The van der Waals surface area contributed by atoms with Crippen LogP contribution in [0.5, 0.6) is 0 Å². The van der Waals surface area contributed by atoms with Crippen LogP contribution < -0.4 is 0 Å². The van der Waals surface area contributed by atoms with Gasteiger partial charge in [-0.25, -0.2) is 0 Å². The second-order valence-electron chi connectivity index (χ2n) is 4.61. The molecule has 78 valence electrons. The lowest BCUT2D eigenvalue weighted by molar-refractivity contribution is 0.680. The highest BCUT2D eigenvalue weighted by Crippen LogP contribution is 2.00. The Morgan fingerprint density at radius 3 is 2.21 bits per heavy atom. The Morgan fingerprint density at radius 2 is 1.64 bits per heavy atom. The fourth-order valence-electron chi connectivity index (χ4n) is 0.966. The van der Waals surface area contributed by atoms with Gasteiger partial charge < -0.3 is 0 Å². The first-order valence-corrected chi connectivity index (χ1v) is 9.06. The van der Waals surface area contributed by atoms with Gasteiger partial charge in [0.1, 0.15) is 8.07 Å². The lowest BCUT2D eigenvalue weighted by atomic mass is 10.2. The predicted octanol–water partition coefficient (Wildman–Crippen LogP) is 3.84. The highest BCUT2D eigenvalue weighted by molar-refractivity contribution is 6.83. The lowest BCUT2D eigenvalue weighted by Gasteiger charge is -2.01. The van der Waals surface area contributed by atoms with Crippen molar-refractivity contribution < 1.29 is 0 Å². The largest absolute Gasteiger partial charge is 0.130 e. The number of hydrogen-bond acceptors (Lipinski definition) is 0. The van der Waals surface area contributed by atoms with E-state index in [2.05, 4.69) is 49.9 Å². The summed E-state index contributed by atoms with van der Waals surface area (Å²) < 4.78 is 0. The predicted molar refractivity (Wildman–Crippen MR) is 67.7 cm³/mol. The van der Waals surface area contributed by atoms with Crippen LogP contribution in [0, 0.1) is 23.3 Å². The van der Waals surface area contributed by atoms with E-state index in [1.54, 1.807) is 0 Å². The molecule has 0 unspecified atom stereocenters. The summed E-state index contributed by atoms with van der Waals surface area (Å²) in [6.45, 7) is 8.94. The van der Waals surface area contributed by atoms with Crippen molar-refractivity contribution in [2.24, 2.45) is 0 Å². The Bertz CT molecular complexity index is 249. The lowest BCUT2D eigenvalue weighted by Crippen LogP contribution is -2.16. The van der Waals surface area contributed by atoms with Crippen molar-refractivity contribution in [2.75, 3.05) is 0 Å². The Morgan fingerprint density at radius 1 is 0.929 bits per heavy atom. The van der Waals surface area contributed by atoms with Gasteiger partial charge in [0.2, 0.25) is 0 Å². The van der Waals surface area contributed by atoms with Crippen molar-refractivity contribution in [3.05, 3.63) is 0 Å². The summed E-state index contributed by atoms with van der Waals surface area (Å²) in [5, 5.41) is 0. The smallest absolute Gasteiger partial charge is 0.118 e. The molecule has 0 aliphatic heterocycles. The summed E-state index contributed by atoms with van der Waals surface area (Å²) in [7, 11) is -1.20. The van der Waals surface area contributed by atoms with Crippen molar-refractivity contribution >= 4 is 8.07 Å². The average molecular weight is 206 g/mol. The first kappa shape index (κ1) is 13.3. The van der Waals surface area contributed by atoms with Crippen LogP contribution in [0.25, 0.3) is 0 Å². The van der Waals surface area contributed by atoms with E-state index in [1.165, 1.54) is 25.7 Å². The number of rotatable bonds is 4. The molecule has 0 fully saturated rings. The zero-order chi connectivity index (χ0) is 10.9. The van der Waals surface area contributed by atoms with Gasteiger partial charge in [0.15, 0.2) is 0 Å². The van der Waals surface area contributed by atoms with E-state index >= 15 is 0 Å². The molecular formula is C13H22Si. The van der Waals surface area contributed by atoms with Crippen LogP contribution in [0.2, 0.25) is 19.6 Å². The first-order valence-electron chi connectivity index (χ1n) is 5.56. The van der Waals surface area contributed by atoms with E-state index in [-0.39, 0.29) is 0 Å². The van der Waals surface area contributed by atoms with Crippen LogP contribution in [0.4, 0.5) is 0 Å². The average Bonchev–Trinajstić information content (AvgIpc) is 2.08. The van der Waals surface area contributed by atoms with Crippen LogP contribution >= 0.6 is 0 Å². The molecule has 0 N–H and O–H groups in total. The molecule has 0 aliphatic carbocycles. The van der Waals surface area contributed by atoms with E-state index in [0.29, 0.717) is 0 Å². The molecule has 0 aromatic carbocycles. The van der Waals surface area contributed by atoms with Gasteiger partial charge in [-0.15, -0.1) is 5.54 Å². The van der Waals surface area contributed by atoms with Gasteiger partial charge in [0.25, 0.3) is 0 Å². The zero-order valence-corrected chi connectivity index (χ0v) is 11.0. The van der Waals surface area contributed by atoms with Crippen LogP contribution in [0.15, 0.2) is 0 Å². The molecule has 1 heteroatoms. The minimum absolute atomic E-state index is 1.01. The summed E-state index contributed by atoms with van der Waals surface area (Å²) >= 11 is 0. The van der Waals surface area contributed by atoms with Gasteiger partial charge >= 0.3 is 0 Å². The summed E-state index contributed by atoms with van der Waals surface area (Å²) in [4.78, 5) is 0. The summed E-state index contributed by atoms with van der Waals surface area (Å²) in [6, 6.07) is 0. The van der Waals surface area contributed by atoms with Gasteiger partial charge in [-0.3, -0.25) is 0 Å². The van der Waals surface area contributed by atoms with Crippen molar-refractivity contribution in [3.8, 4) is 23.3 Å². The second kappa shape index (κ2) is 7.71. The molecule has 0 aromatic rings. The normalized spacial score (nSPS) is 9.71. The summed E-state index contributed by atoms with van der Waals surface area (Å²) in [5.74, 6) is 9.02. The molecule has 0 atom stereocenters. The maximum absolute atomic E-state index is 3.24. The molecule has 0 saturated heterocycles. The number of unbranched alkanes of at least 4 members (excludes halogenated alkanes) is 4. The van der Waals surface area contributed by atoms with Crippen molar-refractivity contribution in [1.82, 2.24) is 0 Å². The topological polar surface area (TPSA) is 0 Å². The minimum Gasteiger partial charge on any atom is -0.118 e. The van der Waals surface area contributed by atoms with Crippen molar-refractivity contribution in [2.45, 2.75) is 58.7 Å². The van der Waals surface area contributed by atoms with Crippen molar-refractivity contribution in [3.63, 3.8) is 0 Å². The SMILES string of the molecule is CCCCCCC#CC#C[Si](C)(C)C. The molecule has 0 saturated carbocycles. The Hall–Kier alpha value is -0.663. The van der Waals surface area contributed by atoms with E-state index in [0.717, 1.165) is 6.42 Å². The monoisotopic (exact) mass is 206 g/mol. The molecule has 0 radical (unpaired) electrons. The Kier molecular flexibility index (Phi) is 7.35. The molecular weight excluding hydrogens is 184 g/mol. The summed E-state index contributed by atoms with van der Waals surface area (Å²) in [6.07, 6.45) is 6.19. The third-order valence-electron chi connectivity index (χ3n) is 1.74. The van der Waals surface area contributed by atoms with E-state index in [1.807, 2.05) is 0 Å². The fraction of sp³-hybridized carbons (Fsp3) is 0.692. The molecule has 0 spiro atoms. The van der Waals surface area contributed by atoms with Crippen molar-refractivity contribution in [1.29, 1.82) is 0 Å². The highest BCUT2D eigenvalue weighted by atomic mass is 28.3. The van der Waals surface area contributed by atoms with Crippen LogP contribution in [0.3, 0.4) is 0 Å². The molecule has 0 amide bonds. The van der Waals surface area contributed by atoms with Crippen LogP contribution in [-0.2, 0) is 0 Å². The van der Waals surface area contributed by atoms with Gasteiger partial charge in [-0.1, -0.05) is 51.7 Å². The Labute approximate surface area is 90.5 Å². The van der Waals surface area contributed by atoms with Crippen LogP contribution in [-0.4, -0.2) is 8.07 Å². The van der Waals surface area contributed by atoms with E-state index in [9.17, 15) is 0 Å². The minimum atomic E-state index is -1.20.